The first-order valence-corrected chi connectivity index (χ1v) is 4.14. The average Bonchev–Trinajstić information content (AvgIpc) is 2.56. The highest BCUT2D eigenvalue weighted by Gasteiger charge is 2.02. The van der Waals surface area contributed by atoms with E-state index in [0.29, 0.717) is 11.0 Å². The molecule has 0 atom stereocenters. The van der Waals surface area contributed by atoms with Crippen LogP contribution in [0.25, 0.3) is 0 Å². The Hall–Kier alpha value is -1.69. The number of hydrogen-bond donors (Lipinski definition) is 0. The Morgan fingerprint density at radius 1 is 1.36 bits per heavy atom. The van der Waals surface area contributed by atoms with Gasteiger partial charge in [-0.05, 0) is 6.07 Å². The first-order chi connectivity index (χ1) is 6.74. The first kappa shape index (κ1) is 8.89. The lowest BCUT2D eigenvalue weighted by molar-refractivity contribution is 0.416. The lowest BCUT2D eigenvalue weighted by Gasteiger charge is -1.96. The summed E-state index contributed by atoms with van der Waals surface area (Å²) in [5.74, 6) is 0.306. The summed E-state index contributed by atoms with van der Waals surface area (Å²) in [5, 5.41) is 11.5. The minimum atomic E-state index is 0.226. The van der Waals surface area contributed by atoms with Gasteiger partial charge in [-0.25, -0.2) is 0 Å². The molecule has 0 saturated heterocycles. The van der Waals surface area contributed by atoms with E-state index in [1.54, 1.807) is 19.2 Å². The summed E-state index contributed by atoms with van der Waals surface area (Å²) >= 11 is 5.55. The fourth-order valence-corrected chi connectivity index (χ4v) is 0.919. The molecule has 2 aromatic heterocycles. The summed E-state index contributed by atoms with van der Waals surface area (Å²) in [5.41, 5.74) is 0. The molecule has 6 nitrogen and oxygen atoms in total. The van der Waals surface area contributed by atoms with E-state index in [1.165, 1.54) is 11.0 Å². The van der Waals surface area contributed by atoms with Crippen molar-refractivity contribution in [3.8, 4) is 11.9 Å². The van der Waals surface area contributed by atoms with Gasteiger partial charge in [0.1, 0.15) is 6.33 Å². The molecule has 0 amide bonds. The molecule has 0 saturated carbocycles. The van der Waals surface area contributed by atoms with Crippen LogP contribution in [0.15, 0.2) is 18.5 Å². The van der Waals surface area contributed by atoms with Crippen LogP contribution >= 0.6 is 11.6 Å². The topological polar surface area (TPSA) is 65.7 Å². The van der Waals surface area contributed by atoms with E-state index in [0.717, 1.165) is 0 Å². The molecule has 14 heavy (non-hydrogen) atoms. The van der Waals surface area contributed by atoms with Gasteiger partial charge in [0.25, 0.3) is 0 Å². The highest BCUT2D eigenvalue weighted by molar-refractivity contribution is 6.29. The van der Waals surface area contributed by atoms with Crippen molar-refractivity contribution in [2.75, 3.05) is 0 Å². The molecule has 72 valence electrons. The van der Waals surface area contributed by atoms with Crippen molar-refractivity contribution in [3.05, 3.63) is 23.6 Å². The maximum atomic E-state index is 5.55. The number of halogens is 1. The molecular formula is C7H6ClN5O. The second kappa shape index (κ2) is 3.59. The van der Waals surface area contributed by atoms with Gasteiger partial charge in [0.15, 0.2) is 5.15 Å². The Morgan fingerprint density at radius 3 is 2.79 bits per heavy atom. The van der Waals surface area contributed by atoms with Crippen LogP contribution in [0, 0.1) is 0 Å². The van der Waals surface area contributed by atoms with Crippen molar-refractivity contribution in [3.63, 3.8) is 0 Å². The molecular weight excluding hydrogens is 206 g/mol. The SMILES string of the molecule is Cn1cnc(Oc2ccc(Cl)nn2)n1. The fraction of sp³-hybridized carbons (Fsp3) is 0.143. The smallest absolute Gasteiger partial charge is 0.342 e. The molecule has 0 fully saturated rings. The molecule has 0 aromatic carbocycles. The van der Waals surface area contributed by atoms with E-state index >= 15 is 0 Å². The van der Waals surface area contributed by atoms with Gasteiger partial charge in [0.2, 0.25) is 5.88 Å². The second-order valence-corrected chi connectivity index (χ2v) is 2.88. The molecule has 0 aliphatic rings. The molecule has 7 heteroatoms. The highest BCUT2D eigenvalue weighted by atomic mass is 35.5. The van der Waals surface area contributed by atoms with Gasteiger partial charge in [-0.1, -0.05) is 11.6 Å². The van der Waals surface area contributed by atoms with Crippen LogP contribution < -0.4 is 4.74 Å². The Morgan fingerprint density at radius 2 is 2.21 bits per heavy atom. The number of hydrogen-bond acceptors (Lipinski definition) is 5. The van der Waals surface area contributed by atoms with E-state index in [4.69, 9.17) is 16.3 Å². The van der Waals surface area contributed by atoms with Gasteiger partial charge in [0.05, 0.1) is 0 Å². The number of rotatable bonds is 2. The monoisotopic (exact) mass is 211 g/mol. The summed E-state index contributed by atoms with van der Waals surface area (Å²) in [7, 11) is 1.74. The number of aryl methyl sites for hydroxylation is 1. The molecule has 0 unspecified atom stereocenters. The normalized spacial score (nSPS) is 10.1. The molecule has 2 aromatic rings. The van der Waals surface area contributed by atoms with Crippen molar-refractivity contribution >= 4 is 11.6 Å². The van der Waals surface area contributed by atoms with Gasteiger partial charge in [-0.15, -0.1) is 15.3 Å². The van der Waals surface area contributed by atoms with Crippen molar-refractivity contribution in [1.82, 2.24) is 25.0 Å². The zero-order valence-corrected chi connectivity index (χ0v) is 8.01. The first-order valence-electron chi connectivity index (χ1n) is 3.77. The Balaban J connectivity index is 2.15. The van der Waals surface area contributed by atoms with Gasteiger partial charge < -0.3 is 4.74 Å². The van der Waals surface area contributed by atoms with Crippen molar-refractivity contribution in [1.29, 1.82) is 0 Å². The predicted octanol–water partition coefficient (Wildman–Crippen LogP) is 1.05. The molecule has 0 aliphatic carbocycles. The van der Waals surface area contributed by atoms with Crippen molar-refractivity contribution in [2.24, 2.45) is 7.05 Å². The minimum absolute atomic E-state index is 0.226. The van der Waals surface area contributed by atoms with E-state index in [9.17, 15) is 0 Å². The lowest BCUT2D eigenvalue weighted by atomic mass is 10.6. The molecule has 2 rings (SSSR count). The summed E-state index contributed by atoms with van der Waals surface area (Å²) in [6.45, 7) is 0. The Kier molecular flexibility index (Phi) is 2.28. The van der Waals surface area contributed by atoms with E-state index in [2.05, 4.69) is 20.3 Å². The Bertz CT molecular complexity index is 426. The molecule has 0 bridgehead atoms. The third-order valence-electron chi connectivity index (χ3n) is 1.38. The van der Waals surface area contributed by atoms with Gasteiger partial charge in [0, 0.05) is 13.1 Å². The maximum absolute atomic E-state index is 5.55. The second-order valence-electron chi connectivity index (χ2n) is 2.50. The van der Waals surface area contributed by atoms with Crippen LogP contribution in [-0.4, -0.2) is 25.0 Å². The quantitative estimate of drug-likeness (QED) is 0.743. The predicted molar refractivity (Wildman–Crippen MR) is 48.1 cm³/mol. The third kappa shape index (κ3) is 1.97. The van der Waals surface area contributed by atoms with Crippen LogP contribution in [0.5, 0.6) is 11.9 Å². The minimum Gasteiger partial charge on any atom is -0.402 e. The van der Waals surface area contributed by atoms with Crippen molar-refractivity contribution in [2.45, 2.75) is 0 Å². The van der Waals surface area contributed by atoms with Gasteiger partial charge in [-0.2, -0.15) is 4.98 Å². The summed E-state index contributed by atoms with van der Waals surface area (Å²) in [6, 6.07) is 3.39. The average molecular weight is 212 g/mol. The number of nitrogens with zero attached hydrogens (tertiary/aromatic N) is 5. The van der Waals surface area contributed by atoms with Crippen LogP contribution in [0.2, 0.25) is 5.15 Å². The Labute approximate surface area is 84.5 Å². The third-order valence-corrected chi connectivity index (χ3v) is 1.58. The van der Waals surface area contributed by atoms with E-state index in [1.807, 2.05) is 0 Å². The molecule has 0 N–H and O–H groups in total. The van der Waals surface area contributed by atoms with Gasteiger partial charge in [-0.3, -0.25) is 4.68 Å². The van der Waals surface area contributed by atoms with E-state index < -0.39 is 0 Å². The number of aromatic nitrogens is 5. The van der Waals surface area contributed by atoms with Crippen molar-refractivity contribution < 1.29 is 4.74 Å². The molecule has 0 radical (unpaired) electrons. The van der Waals surface area contributed by atoms with E-state index in [-0.39, 0.29) is 6.01 Å². The van der Waals surface area contributed by atoms with Crippen LogP contribution in [0.1, 0.15) is 0 Å². The van der Waals surface area contributed by atoms with Crippen LogP contribution in [-0.2, 0) is 7.05 Å². The lowest BCUT2D eigenvalue weighted by Crippen LogP contribution is -1.93. The summed E-state index contributed by atoms with van der Waals surface area (Å²) < 4.78 is 6.71. The fourth-order valence-electron chi connectivity index (χ4n) is 0.818. The molecule has 0 aliphatic heterocycles. The zero-order valence-electron chi connectivity index (χ0n) is 7.25. The highest BCUT2D eigenvalue weighted by Crippen LogP contribution is 2.14. The number of ether oxygens (including phenoxy) is 1. The zero-order chi connectivity index (χ0) is 9.97. The van der Waals surface area contributed by atoms with Crippen LogP contribution in [0.3, 0.4) is 0 Å². The standard InChI is InChI=1S/C7H6ClN5O/c1-13-4-9-7(12-13)14-6-3-2-5(8)10-11-6/h2-4H,1H3. The maximum Gasteiger partial charge on any atom is 0.342 e. The molecule has 2 heterocycles. The van der Waals surface area contributed by atoms with Gasteiger partial charge >= 0.3 is 6.01 Å². The summed E-state index contributed by atoms with van der Waals surface area (Å²) in [6.07, 6.45) is 1.53. The molecule has 0 spiro atoms. The largest absolute Gasteiger partial charge is 0.402 e. The summed E-state index contributed by atoms with van der Waals surface area (Å²) in [4.78, 5) is 3.86. The van der Waals surface area contributed by atoms with Crippen LogP contribution in [0.4, 0.5) is 0 Å².